The van der Waals surface area contributed by atoms with Crippen molar-refractivity contribution in [3.63, 3.8) is 0 Å². The molecule has 0 aliphatic carbocycles. The molecule has 0 aliphatic heterocycles. The second-order valence-electron chi connectivity index (χ2n) is 7.50. The van der Waals surface area contributed by atoms with Crippen molar-refractivity contribution >= 4 is 0 Å². The first-order valence-electron chi connectivity index (χ1n) is 5.25. The zero-order chi connectivity index (χ0) is 11.5. The van der Waals surface area contributed by atoms with Crippen LogP contribution >= 0.6 is 0 Å². The van der Waals surface area contributed by atoms with E-state index in [0.717, 1.165) is 0 Å². The van der Waals surface area contributed by atoms with Crippen LogP contribution in [0.3, 0.4) is 0 Å². The van der Waals surface area contributed by atoms with E-state index in [9.17, 15) is 0 Å². The Morgan fingerprint density at radius 2 is 0.500 bits per heavy atom. The third-order valence-electron chi connectivity index (χ3n) is 2.25. The molecule has 0 aromatic carbocycles. The lowest BCUT2D eigenvalue weighted by Crippen LogP contribution is -2.25. The highest BCUT2D eigenvalue weighted by atomic mass is 14.3. The van der Waals surface area contributed by atoms with Crippen LogP contribution < -0.4 is 0 Å². The van der Waals surface area contributed by atoms with Crippen LogP contribution in [0.15, 0.2) is 0 Å². The summed E-state index contributed by atoms with van der Waals surface area (Å²) in [6, 6.07) is 0. The van der Waals surface area contributed by atoms with Gasteiger partial charge in [-0.25, -0.2) is 0 Å². The minimum Gasteiger partial charge on any atom is -0.0776 e. The topological polar surface area (TPSA) is 0 Å². The summed E-state index contributed by atoms with van der Waals surface area (Å²) in [5, 5.41) is 0. The van der Waals surface area contributed by atoms with E-state index >= 15 is 0 Å². The Bertz CT molecular complexity index is 104. The van der Waals surface area contributed by atoms with Crippen molar-refractivity contribution in [1.29, 1.82) is 0 Å². The van der Waals surface area contributed by atoms with Crippen LogP contribution in [0, 0.1) is 16.2 Å². The molecule has 0 heteroatoms. The molecule has 0 aromatic rings. The highest BCUT2D eigenvalue weighted by Crippen LogP contribution is 2.36. The van der Waals surface area contributed by atoms with E-state index in [-0.39, 0.29) is 7.43 Å². The van der Waals surface area contributed by atoms with Crippen LogP contribution in [0.4, 0.5) is 0 Å². The monoisotopic (exact) mass is 202 g/mol. The van der Waals surface area contributed by atoms with E-state index in [2.05, 4.69) is 69.2 Å². The highest BCUT2D eigenvalue weighted by molar-refractivity contribution is 4.77. The van der Waals surface area contributed by atoms with Gasteiger partial charge in [-0.2, -0.15) is 0 Å². The van der Waals surface area contributed by atoms with Crippen LogP contribution in [0.5, 0.6) is 0 Å². The van der Waals surface area contributed by atoms with Gasteiger partial charge in [0.05, 0.1) is 0 Å². The lowest BCUT2D eigenvalue weighted by atomic mass is 9.71. The van der Waals surface area contributed by atoms with Crippen LogP contribution in [0.2, 0.25) is 0 Å². The normalized spacial score (nSPS) is 12.4. The molecule has 0 unspecified atom stereocenters. The van der Waals surface area contributed by atoms with Crippen molar-refractivity contribution in [3.05, 3.63) is 0 Å². The van der Waals surface area contributed by atoms with E-state index in [0.29, 0.717) is 16.2 Å². The molecule has 0 radical (unpaired) electrons. The van der Waals surface area contributed by atoms with Crippen LogP contribution in [0.25, 0.3) is 0 Å². The molecule has 0 aliphatic rings. The Labute approximate surface area is 93.5 Å². The first kappa shape index (κ1) is 19.6. The van der Waals surface area contributed by atoms with Crippen molar-refractivity contribution in [2.75, 3.05) is 0 Å². The molecule has 0 rings (SSSR count). The fraction of sp³-hybridized carbons (Fsp3) is 1.00. The SMILES string of the molecule is C.CC(C)(C)C.CC(C)(C)C(C)(C)C. The van der Waals surface area contributed by atoms with Gasteiger partial charge in [0.15, 0.2) is 0 Å². The molecule has 0 saturated heterocycles. The second-order valence-corrected chi connectivity index (χ2v) is 7.50. The predicted molar refractivity (Wildman–Crippen MR) is 70.8 cm³/mol. The van der Waals surface area contributed by atoms with E-state index < -0.39 is 0 Å². The first-order valence-corrected chi connectivity index (χ1v) is 5.25. The van der Waals surface area contributed by atoms with E-state index in [4.69, 9.17) is 0 Å². The van der Waals surface area contributed by atoms with E-state index in [1.54, 1.807) is 0 Å². The van der Waals surface area contributed by atoms with Crippen molar-refractivity contribution in [3.8, 4) is 0 Å². The zero-order valence-corrected chi connectivity index (χ0v) is 11.5. The van der Waals surface area contributed by atoms with Gasteiger partial charge in [0.25, 0.3) is 0 Å². The van der Waals surface area contributed by atoms with Crippen molar-refractivity contribution in [1.82, 2.24) is 0 Å². The van der Waals surface area contributed by atoms with Crippen molar-refractivity contribution in [2.24, 2.45) is 16.2 Å². The molecule has 0 saturated carbocycles. The number of hydrogen-bond acceptors (Lipinski definition) is 0. The third kappa shape index (κ3) is 17.9. The summed E-state index contributed by atoms with van der Waals surface area (Å²) in [6.45, 7) is 22.4. The molecule has 90 valence electrons. The van der Waals surface area contributed by atoms with Crippen molar-refractivity contribution < 1.29 is 0 Å². The Hall–Kier alpha value is 0. The Morgan fingerprint density at radius 3 is 0.500 bits per heavy atom. The van der Waals surface area contributed by atoms with Crippen molar-refractivity contribution in [2.45, 2.75) is 76.7 Å². The quantitative estimate of drug-likeness (QED) is 0.468. The van der Waals surface area contributed by atoms with Gasteiger partial charge in [-0.15, -0.1) is 0 Å². The molecule has 0 atom stereocenters. The Kier molecular flexibility index (Phi) is 8.07. The molecule has 0 N–H and O–H groups in total. The Balaban J connectivity index is -0.000000177. The minimum atomic E-state index is 0. The summed E-state index contributed by atoms with van der Waals surface area (Å²) < 4.78 is 0. The molecule has 14 heavy (non-hydrogen) atoms. The largest absolute Gasteiger partial charge is 0.0776 e. The van der Waals surface area contributed by atoms with E-state index in [1.807, 2.05) is 0 Å². The third-order valence-corrected chi connectivity index (χ3v) is 2.25. The summed E-state index contributed by atoms with van der Waals surface area (Å²) in [7, 11) is 0. The van der Waals surface area contributed by atoms with Gasteiger partial charge in [0, 0.05) is 0 Å². The van der Waals surface area contributed by atoms with Crippen LogP contribution in [-0.2, 0) is 0 Å². The van der Waals surface area contributed by atoms with Crippen LogP contribution in [-0.4, -0.2) is 0 Å². The van der Waals surface area contributed by atoms with Gasteiger partial charge in [-0.1, -0.05) is 76.7 Å². The van der Waals surface area contributed by atoms with Gasteiger partial charge >= 0.3 is 0 Å². The fourth-order valence-corrected chi connectivity index (χ4v) is 0. The van der Waals surface area contributed by atoms with Gasteiger partial charge in [0.2, 0.25) is 0 Å². The number of rotatable bonds is 0. The maximum atomic E-state index is 2.27. The minimum absolute atomic E-state index is 0. The summed E-state index contributed by atoms with van der Waals surface area (Å²) >= 11 is 0. The molecule has 0 fully saturated rings. The maximum Gasteiger partial charge on any atom is -0.0334 e. The number of hydrogen-bond donors (Lipinski definition) is 0. The molecule has 0 bridgehead atoms. The first-order chi connectivity index (χ1) is 5.25. The summed E-state index contributed by atoms with van der Waals surface area (Å²) in [5.74, 6) is 0. The average molecular weight is 202 g/mol. The lowest BCUT2D eigenvalue weighted by Gasteiger charge is -2.34. The molecule has 0 spiro atoms. The summed E-state index contributed by atoms with van der Waals surface area (Å²) in [6.07, 6.45) is 0. The van der Waals surface area contributed by atoms with Crippen LogP contribution in [0.1, 0.15) is 76.7 Å². The molecular formula is C14H34. The summed E-state index contributed by atoms with van der Waals surface area (Å²) in [5.41, 5.74) is 1.38. The van der Waals surface area contributed by atoms with Gasteiger partial charge in [0.1, 0.15) is 0 Å². The zero-order valence-electron chi connectivity index (χ0n) is 11.5. The maximum absolute atomic E-state index is 2.27. The lowest BCUT2D eigenvalue weighted by molar-refractivity contribution is 0.157. The predicted octanol–water partition coefficient (Wildman–Crippen LogP) is 5.77. The Morgan fingerprint density at radius 1 is 0.429 bits per heavy atom. The molecule has 0 aromatic heterocycles. The second kappa shape index (κ2) is 5.78. The fourth-order valence-electron chi connectivity index (χ4n) is 0. The highest BCUT2D eigenvalue weighted by Gasteiger charge is 2.26. The van der Waals surface area contributed by atoms with Gasteiger partial charge in [-0.3, -0.25) is 0 Å². The smallest absolute Gasteiger partial charge is 0.0334 e. The molecule has 0 nitrogen and oxygen atoms in total. The average Bonchev–Trinajstić information content (AvgIpc) is 1.50. The molecule has 0 heterocycles. The van der Waals surface area contributed by atoms with E-state index in [1.165, 1.54) is 0 Å². The summed E-state index contributed by atoms with van der Waals surface area (Å²) in [4.78, 5) is 0. The molecular weight excluding hydrogens is 168 g/mol. The molecule has 0 amide bonds. The van der Waals surface area contributed by atoms with Gasteiger partial charge in [-0.05, 0) is 16.2 Å². The van der Waals surface area contributed by atoms with Gasteiger partial charge < -0.3 is 0 Å². The standard InChI is InChI=1S/C8H18.C5H12.CH4/c1-7(2,3)8(4,5)6;1-5(2,3)4;/h1-6H3;1-4H3;1H4.